The number of para-hydroxylation sites is 1. The summed E-state index contributed by atoms with van der Waals surface area (Å²) in [5, 5.41) is 10.7. The van der Waals surface area contributed by atoms with Gasteiger partial charge in [-0.1, -0.05) is 43.7 Å². The zero-order valence-electron chi connectivity index (χ0n) is 26.9. The number of ether oxygens (including phenoxy) is 4. The Balaban J connectivity index is 1.46. The Morgan fingerprint density at radius 3 is 2.57 bits per heavy atom. The highest BCUT2D eigenvalue weighted by atomic mass is 16.7. The van der Waals surface area contributed by atoms with Gasteiger partial charge in [0.05, 0.1) is 26.7 Å². The molecule has 0 spiro atoms. The first-order chi connectivity index (χ1) is 22.4. The molecule has 3 aromatic rings. The fourth-order valence-electron chi connectivity index (χ4n) is 6.79. The van der Waals surface area contributed by atoms with Gasteiger partial charge in [0, 0.05) is 37.3 Å². The fourth-order valence-corrected chi connectivity index (χ4v) is 6.79. The van der Waals surface area contributed by atoms with Gasteiger partial charge in [0.1, 0.15) is 5.75 Å². The van der Waals surface area contributed by atoms with Gasteiger partial charge in [0.2, 0.25) is 18.4 Å². The molecule has 3 atom stereocenters. The highest BCUT2D eigenvalue weighted by Gasteiger charge is 2.47. The van der Waals surface area contributed by atoms with Crippen molar-refractivity contribution in [3.05, 3.63) is 77.4 Å². The quantitative estimate of drug-likeness (QED) is 0.233. The molecule has 10 heteroatoms. The van der Waals surface area contributed by atoms with Crippen LogP contribution in [0.5, 0.6) is 23.0 Å². The van der Waals surface area contributed by atoms with Gasteiger partial charge < -0.3 is 34.7 Å². The third kappa shape index (κ3) is 7.24. The van der Waals surface area contributed by atoms with Crippen molar-refractivity contribution in [3.63, 3.8) is 0 Å². The first-order valence-corrected chi connectivity index (χ1v) is 16.0. The molecule has 246 valence electrons. The van der Waals surface area contributed by atoms with Crippen LogP contribution in [0.3, 0.4) is 0 Å². The van der Waals surface area contributed by atoms with Crippen molar-refractivity contribution >= 4 is 17.6 Å². The van der Waals surface area contributed by atoms with E-state index in [-0.39, 0.29) is 25.3 Å². The summed E-state index contributed by atoms with van der Waals surface area (Å²) in [6.45, 7) is 3.62. The third-order valence-electron chi connectivity index (χ3n) is 9.11. The van der Waals surface area contributed by atoms with Crippen LogP contribution in [0.15, 0.2) is 60.7 Å². The van der Waals surface area contributed by atoms with Gasteiger partial charge in [-0.3, -0.25) is 14.5 Å². The number of unbranched alkanes of at least 4 members (excludes halogenated alkanes) is 1. The largest absolute Gasteiger partial charge is 0.496 e. The average molecular weight is 632 g/mol. The number of anilines is 1. The number of hydrogen-bond donors (Lipinski definition) is 2. The van der Waals surface area contributed by atoms with Crippen LogP contribution in [0.2, 0.25) is 0 Å². The number of carboxylic acids is 1. The second-order valence-corrected chi connectivity index (χ2v) is 11.9. The van der Waals surface area contributed by atoms with E-state index >= 15 is 0 Å². The number of aliphatic carboxylic acids is 1. The summed E-state index contributed by atoms with van der Waals surface area (Å²) in [7, 11) is 3.21. The van der Waals surface area contributed by atoms with Crippen molar-refractivity contribution in [2.75, 3.05) is 45.5 Å². The van der Waals surface area contributed by atoms with Crippen LogP contribution in [0.1, 0.15) is 55.2 Å². The number of carboxylic acid groups (broad SMARTS) is 1. The Bertz CT molecular complexity index is 1510. The molecule has 1 fully saturated rings. The molecule has 0 saturated carbocycles. The predicted octanol–water partition coefficient (Wildman–Crippen LogP) is 5.22. The minimum Gasteiger partial charge on any atom is -0.496 e. The van der Waals surface area contributed by atoms with E-state index in [0.717, 1.165) is 53.8 Å². The van der Waals surface area contributed by atoms with E-state index in [1.54, 1.807) is 14.2 Å². The summed E-state index contributed by atoms with van der Waals surface area (Å²) >= 11 is 0. The lowest BCUT2D eigenvalue weighted by atomic mass is 9.83. The molecule has 3 aromatic carbocycles. The maximum absolute atomic E-state index is 14.1. The first-order valence-electron chi connectivity index (χ1n) is 16.0. The highest BCUT2D eigenvalue weighted by molar-refractivity contribution is 5.95. The molecule has 1 saturated heterocycles. The van der Waals surface area contributed by atoms with Crippen molar-refractivity contribution in [1.82, 2.24) is 4.90 Å². The van der Waals surface area contributed by atoms with E-state index in [1.165, 1.54) is 0 Å². The Labute approximate surface area is 271 Å². The second-order valence-electron chi connectivity index (χ2n) is 11.9. The number of nitrogens with zero attached hydrogens (tertiary/aromatic N) is 2. The fraction of sp³-hybridized carbons (Fsp3) is 0.444. The van der Waals surface area contributed by atoms with Crippen molar-refractivity contribution in [2.24, 2.45) is 11.7 Å². The smallest absolute Gasteiger partial charge is 0.308 e. The van der Waals surface area contributed by atoms with Gasteiger partial charge in [-0.15, -0.1) is 0 Å². The Hall–Kier alpha value is -4.28. The van der Waals surface area contributed by atoms with E-state index in [1.807, 2.05) is 65.6 Å². The van der Waals surface area contributed by atoms with Gasteiger partial charge in [-0.2, -0.15) is 0 Å². The molecule has 0 unspecified atom stereocenters. The van der Waals surface area contributed by atoms with Crippen molar-refractivity contribution in [1.29, 1.82) is 0 Å². The van der Waals surface area contributed by atoms with Crippen LogP contribution in [0.4, 0.5) is 5.69 Å². The van der Waals surface area contributed by atoms with Crippen LogP contribution >= 0.6 is 0 Å². The van der Waals surface area contributed by atoms with E-state index in [0.29, 0.717) is 43.3 Å². The Kier molecular flexibility index (Phi) is 11.0. The molecule has 10 nitrogen and oxygen atoms in total. The summed E-state index contributed by atoms with van der Waals surface area (Å²) in [5.41, 5.74) is 9.53. The summed E-state index contributed by atoms with van der Waals surface area (Å²) < 4.78 is 22.4. The number of amides is 1. The zero-order valence-corrected chi connectivity index (χ0v) is 26.9. The first kappa shape index (κ1) is 33.1. The minimum atomic E-state index is -0.891. The second kappa shape index (κ2) is 15.3. The number of rotatable bonds is 15. The lowest BCUT2D eigenvalue weighted by Crippen LogP contribution is -2.44. The van der Waals surface area contributed by atoms with Gasteiger partial charge in [-0.25, -0.2) is 0 Å². The van der Waals surface area contributed by atoms with Crippen LogP contribution in [-0.2, 0) is 22.6 Å². The topological polar surface area (TPSA) is 124 Å². The molecule has 1 amide bonds. The van der Waals surface area contributed by atoms with Gasteiger partial charge in [0.15, 0.2) is 11.5 Å². The van der Waals surface area contributed by atoms with Crippen molar-refractivity contribution < 1.29 is 33.6 Å². The molecule has 0 radical (unpaired) electrons. The maximum atomic E-state index is 14.1. The molecule has 2 aliphatic rings. The normalized spacial score (nSPS) is 18.8. The summed E-state index contributed by atoms with van der Waals surface area (Å²) in [6, 6.07) is 19.0. The number of aryl methyl sites for hydroxylation is 1. The summed E-state index contributed by atoms with van der Waals surface area (Å²) in [6.07, 6.45) is 3.83. The summed E-state index contributed by atoms with van der Waals surface area (Å²) in [5.74, 6) is 0.265. The lowest BCUT2D eigenvalue weighted by Gasteiger charge is -2.30. The van der Waals surface area contributed by atoms with Gasteiger partial charge in [-0.05, 0) is 72.7 Å². The standard InChI is InChI=1S/C36H45N3O7/c1-4-5-16-39(27-13-8-10-24(17-27)20-37)33(40)22-38-21-28(26-18-31(44-3)35-32(19-26)45-23-46-35)34(36(41)42)29(38)14-9-12-25-11-6-7-15-30(25)43-2/h6-8,10-11,13,15,17-19,28-29,34H,4-5,9,12,14,16,20-23,37H2,1-3H3,(H,41,42)/t28-,29+,34-/m1/s1. The number of carbonyl (C=O) groups is 2. The molecule has 46 heavy (non-hydrogen) atoms. The number of benzene rings is 3. The number of likely N-dealkylation sites (tertiary alicyclic amines) is 1. The third-order valence-corrected chi connectivity index (χ3v) is 9.11. The van der Waals surface area contributed by atoms with Crippen LogP contribution in [0.25, 0.3) is 0 Å². The molecule has 2 aliphatic heterocycles. The predicted molar refractivity (Wildman–Crippen MR) is 176 cm³/mol. The molecule has 2 heterocycles. The number of fused-ring (bicyclic) bond motifs is 1. The van der Waals surface area contributed by atoms with Gasteiger partial charge >= 0.3 is 5.97 Å². The maximum Gasteiger partial charge on any atom is 0.308 e. The molecular weight excluding hydrogens is 586 g/mol. The van der Waals surface area contributed by atoms with Crippen LogP contribution < -0.4 is 29.6 Å². The molecule has 0 aromatic heterocycles. The van der Waals surface area contributed by atoms with Crippen LogP contribution in [0, 0.1) is 5.92 Å². The lowest BCUT2D eigenvalue weighted by molar-refractivity contribution is -0.143. The molecule has 3 N–H and O–H groups in total. The highest BCUT2D eigenvalue weighted by Crippen LogP contribution is 2.47. The van der Waals surface area contributed by atoms with Gasteiger partial charge in [0.25, 0.3) is 0 Å². The van der Waals surface area contributed by atoms with E-state index < -0.39 is 17.8 Å². The number of nitrogens with two attached hydrogens (primary N) is 1. The average Bonchev–Trinajstić information content (AvgIpc) is 3.69. The molecule has 5 rings (SSSR count). The SMILES string of the molecule is CCCCN(C(=O)CN1C[C@H](c2cc(OC)c3c(c2)OCO3)[C@@H](C(=O)O)[C@@H]1CCCc1ccccc1OC)c1cccc(CN)c1. The summed E-state index contributed by atoms with van der Waals surface area (Å²) in [4.78, 5) is 31.1. The van der Waals surface area contributed by atoms with Crippen LogP contribution in [-0.4, -0.2) is 68.6 Å². The minimum absolute atomic E-state index is 0.0644. The zero-order chi connectivity index (χ0) is 32.6. The Morgan fingerprint density at radius 1 is 1.02 bits per heavy atom. The Morgan fingerprint density at radius 2 is 1.83 bits per heavy atom. The van der Waals surface area contributed by atoms with Crippen molar-refractivity contribution in [2.45, 2.75) is 57.5 Å². The molecule has 0 bridgehead atoms. The van der Waals surface area contributed by atoms with E-state index in [2.05, 4.69) is 11.8 Å². The van der Waals surface area contributed by atoms with Crippen molar-refractivity contribution in [3.8, 4) is 23.0 Å². The number of hydrogen-bond acceptors (Lipinski definition) is 8. The molecule has 0 aliphatic carbocycles. The monoisotopic (exact) mass is 631 g/mol. The number of carbonyl (C=O) groups excluding carboxylic acids is 1. The van der Waals surface area contributed by atoms with E-state index in [4.69, 9.17) is 24.7 Å². The molecular formula is C36H45N3O7. The number of methoxy groups -OCH3 is 2. The van der Waals surface area contributed by atoms with E-state index in [9.17, 15) is 14.7 Å².